The standard InChI is InChI=1S/C12H18N4O/c1-4-6-10(16-12(17)13-5-2)11-9(3)14-7-8-15-11/h4,7-8,10H,1,5-6H2,2-3H3,(H2,13,16,17). The largest absolute Gasteiger partial charge is 0.338 e. The average molecular weight is 234 g/mol. The van der Waals surface area contributed by atoms with Crippen molar-refractivity contribution in [2.75, 3.05) is 6.54 Å². The molecule has 0 saturated carbocycles. The van der Waals surface area contributed by atoms with E-state index in [-0.39, 0.29) is 12.1 Å². The summed E-state index contributed by atoms with van der Waals surface area (Å²) >= 11 is 0. The first kappa shape index (κ1) is 13.2. The second-order valence-electron chi connectivity index (χ2n) is 3.61. The lowest BCUT2D eigenvalue weighted by atomic mass is 10.1. The lowest BCUT2D eigenvalue weighted by Crippen LogP contribution is -2.38. The van der Waals surface area contributed by atoms with Gasteiger partial charge in [0.1, 0.15) is 0 Å². The summed E-state index contributed by atoms with van der Waals surface area (Å²) in [4.78, 5) is 19.9. The first-order chi connectivity index (χ1) is 8.19. The number of urea groups is 1. The van der Waals surface area contributed by atoms with Crippen LogP contribution in [0.1, 0.15) is 30.8 Å². The SMILES string of the molecule is C=CCC(NC(=O)NCC)c1nccnc1C. The predicted octanol–water partition coefficient (Wildman–Crippen LogP) is 1.72. The number of amides is 2. The number of nitrogens with one attached hydrogen (secondary N) is 2. The van der Waals surface area contributed by atoms with Gasteiger partial charge in [0, 0.05) is 18.9 Å². The molecule has 0 aromatic carbocycles. The number of rotatable bonds is 5. The van der Waals surface area contributed by atoms with Crippen molar-refractivity contribution in [3.63, 3.8) is 0 Å². The maximum Gasteiger partial charge on any atom is 0.315 e. The zero-order valence-corrected chi connectivity index (χ0v) is 10.2. The third-order valence-electron chi connectivity index (χ3n) is 2.29. The van der Waals surface area contributed by atoms with Gasteiger partial charge in [-0.2, -0.15) is 0 Å². The highest BCUT2D eigenvalue weighted by Gasteiger charge is 2.16. The molecule has 0 aliphatic carbocycles. The van der Waals surface area contributed by atoms with Crippen LogP contribution in [0, 0.1) is 6.92 Å². The minimum Gasteiger partial charge on any atom is -0.338 e. The normalized spacial score (nSPS) is 11.6. The zero-order chi connectivity index (χ0) is 12.7. The van der Waals surface area contributed by atoms with Crippen molar-refractivity contribution < 1.29 is 4.79 Å². The first-order valence-electron chi connectivity index (χ1n) is 5.61. The highest BCUT2D eigenvalue weighted by Crippen LogP contribution is 2.16. The smallest absolute Gasteiger partial charge is 0.315 e. The fourth-order valence-electron chi connectivity index (χ4n) is 1.54. The maximum atomic E-state index is 11.5. The van der Waals surface area contributed by atoms with Crippen molar-refractivity contribution >= 4 is 6.03 Å². The summed E-state index contributed by atoms with van der Waals surface area (Å²) < 4.78 is 0. The van der Waals surface area contributed by atoms with E-state index in [4.69, 9.17) is 0 Å². The Morgan fingerprint density at radius 1 is 1.53 bits per heavy atom. The van der Waals surface area contributed by atoms with Gasteiger partial charge in [0.2, 0.25) is 0 Å². The molecule has 0 spiro atoms. The van der Waals surface area contributed by atoms with Crippen LogP contribution in [0.3, 0.4) is 0 Å². The third kappa shape index (κ3) is 3.86. The third-order valence-corrected chi connectivity index (χ3v) is 2.29. The lowest BCUT2D eigenvalue weighted by molar-refractivity contribution is 0.237. The van der Waals surface area contributed by atoms with Crippen LogP contribution >= 0.6 is 0 Å². The van der Waals surface area contributed by atoms with E-state index in [1.165, 1.54) is 0 Å². The summed E-state index contributed by atoms with van der Waals surface area (Å²) in [7, 11) is 0. The molecular formula is C12H18N4O. The van der Waals surface area contributed by atoms with Gasteiger partial charge < -0.3 is 10.6 Å². The van der Waals surface area contributed by atoms with Crippen LogP contribution in [0.4, 0.5) is 4.79 Å². The number of hydrogen-bond acceptors (Lipinski definition) is 3. The van der Waals surface area contributed by atoms with Crippen LogP contribution in [0.5, 0.6) is 0 Å². The van der Waals surface area contributed by atoms with Gasteiger partial charge in [0.25, 0.3) is 0 Å². The van der Waals surface area contributed by atoms with Crippen molar-refractivity contribution in [2.45, 2.75) is 26.3 Å². The molecule has 2 amide bonds. The zero-order valence-electron chi connectivity index (χ0n) is 10.2. The minimum atomic E-state index is -0.204. The summed E-state index contributed by atoms with van der Waals surface area (Å²) in [6.45, 7) is 8.02. The highest BCUT2D eigenvalue weighted by atomic mass is 16.2. The van der Waals surface area contributed by atoms with Gasteiger partial charge >= 0.3 is 6.03 Å². The Kier molecular flexibility index (Phi) is 5.13. The van der Waals surface area contributed by atoms with Crippen LogP contribution < -0.4 is 10.6 Å². The summed E-state index contributed by atoms with van der Waals surface area (Å²) in [6, 6.07) is -0.392. The van der Waals surface area contributed by atoms with Gasteiger partial charge in [-0.25, -0.2) is 4.79 Å². The Bertz CT molecular complexity index is 392. The number of carbonyl (C=O) groups excluding carboxylic acids is 1. The number of nitrogens with zero attached hydrogens (tertiary/aromatic N) is 2. The second kappa shape index (κ2) is 6.62. The van der Waals surface area contributed by atoms with E-state index in [0.29, 0.717) is 13.0 Å². The molecule has 1 unspecified atom stereocenters. The fraction of sp³-hybridized carbons (Fsp3) is 0.417. The summed E-state index contributed by atoms with van der Waals surface area (Å²) in [5.74, 6) is 0. The molecule has 0 bridgehead atoms. The average Bonchev–Trinajstić information content (AvgIpc) is 2.29. The fourth-order valence-corrected chi connectivity index (χ4v) is 1.54. The van der Waals surface area contributed by atoms with Crippen molar-refractivity contribution in [2.24, 2.45) is 0 Å². The van der Waals surface area contributed by atoms with Crippen LogP contribution in [0.15, 0.2) is 25.0 Å². The quantitative estimate of drug-likeness (QED) is 0.762. The molecule has 1 aromatic rings. The van der Waals surface area contributed by atoms with Crippen LogP contribution in [0.2, 0.25) is 0 Å². The lowest BCUT2D eigenvalue weighted by Gasteiger charge is -2.18. The topological polar surface area (TPSA) is 66.9 Å². The molecule has 0 fully saturated rings. The monoisotopic (exact) mass is 234 g/mol. The molecule has 5 nitrogen and oxygen atoms in total. The molecule has 1 rings (SSSR count). The number of hydrogen-bond donors (Lipinski definition) is 2. The first-order valence-corrected chi connectivity index (χ1v) is 5.61. The van der Waals surface area contributed by atoms with Crippen molar-refractivity contribution in [1.29, 1.82) is 0 Å². The highest BCUT2D eigenvalue weighted by molar-refractivity contribution is 5.74. The second-order valence-corrected chi connectivity index (χ2v) is 3.61. The van der Waals surface area contributed by atoms with Crippen LogP contribution in [-0.4, -0.2) is 22.5 Å². The van der Waals surface area contributed by atoms with Crippen molar-refractivity contribution in [1.82, 2.24) is 20.6 Å². The van der Waals surface area contributed by atoms with Crippen LogP contribution in [-0.2, 0) is 0 Å². The Balaban J connectivity index is 2.82. The van der Waals surface area contributed by atoms with E-state index in [1.807, 2.05) is 13.8 Å². The molecule has 0 radical (unpaired) electrons. The summed E-state index contributed by atoms with van der Waals surface area (Å²) in [5, 5.41) is 5.54. The molecular weight excluding hydrogens is 216 g/mol. The molecule has 0 saturated heterocycles. The Hall–Kier alpha value is -1.91. The molecule has 1 aromatic heterocycles. The number of carbonyl (C=O) groups is 1. The van der Waals surface area contributed by atoms with Gasteiger partial charge in [0.15, 0.2) is 0 Å². The molecule has 0 aliphatic rings. The van der Waals surface area contributed by atoms with E-state index < -0.39 is 0 Å². The summed E-state index contributed by atoms with van der Waals surface area (Å²) in [6.07, 6.45) is 5.63. The number of aryl methyl sites for hydroxylation is 1. The van der Waals surface area contributed by atoms with Gasteiger partial charge in [-0.05, 0) is 20.3 Å². The molecule has 1 heterocycles. The molecule has 2 N–H and O–H groups in total. The van der Waals surface area contributed by atoms with Crippen LogP contribution in [0.25, 0.3) is 0 Å². The van der Waals surface area contributed by atoms with Crippen molar-refractivity contribution in [3.05, 3.63) is 36.4 Å². The van der Waals surface area contributed by atoms with E-state index in [2.05, 4.69) is 27.2 Å². The van der Waals surface area contributed by atoms with Crippen molar-refractivity contribution in [3.8, 4) is 0 Å². The maximum absolute atomic E-state index is 11.5. The van der Waals surface area contributed by atoms with Gasteiger partial charge in [-0.15, -0.1) is 6.58 Å². The van der Waals surface area contributed by atoms with E-state index in [9.17, 15) is 4.79 Å². The van der Waals surface area contributed by atoms with E-state index >= 15 is 0 Å². The Morgan fingerprint density at radius 3 is 2.82 bits per heavy atom. The Morgan fingerprint density at radius 2 is 2.24 bits per heavy atom. The molecule has 0 aliphatic heterocycles. The molecule has 1 atom stereocenters. The van der Waals surface area contributed by atoms with Gasteiger partial charge in [0.05, 0.1) is 17.4 Å². The molecule has 17 heavy (non-hydrogen) atoms. The van der Waals surface area contributed by atoms with E-state index in [0.717, 1.165) is 11.4 Å². The molecule has 5 heteroatoms. The number of aromatic nitrogens is 2. The predicted molar refractivity (Wildman–Crippen MR) is 66.5 cm³/mol. The minimum absolute atomic E-state index is 0.187. The summed E-state index contributed by atoms with van der Waals surface area (Å²) in [5.41, 5.74) is 1.59. The van der Waals surface area contributed by atoms with Gasteiger partial charge in [-0.1, -0.05) is 6.08 Å². The van der Waals surface area contributed by atoms with Gasteiger partial charge in [-0.3, -0.25) is 9.97 Å². The Labute approximate surface area is 101 Å². The molecule has 92 valence electrons. The van der Waals surface area contributed by atoms with E-state index in [1.54, 1.807) is 18.5 Å².